The van der Waals surface area contributed by atoms with Crippen molar-refractivity contribution in [3.05, 3.63) is 24.0 Å². The number of pyridine rings is 1. The van der Waals surface area contributed by atoms with E-state index in [1.54, 1.807) is 11.1 Å². The molecule has 0 spiro atoms. The molecule has 2 atom stereocenters. The Morgan fingerprint density at radius 1 is 1.43 bits per heavy atom. The molecule has 0 aromatic carbocycles. The van der Waals surface area contributed by atoms with Crippen LogP contribution in [0.3, 0.4) is 0 Å². The number of nitrogens with one attached hydrogen (secondary N) is 1. The minimum Gasteiger partial charge on any atom is -0.391 e. The summed E-state index contributed by atoms with van der Waals surface area (Å²) in [6.07, 6.45) is 5.90. The van der Waals surface area contributed by atoms with Crippen molar-refractivity contribution in [1.29, 1.82) is 0 Å². The van der Waals surface area contributed by atoms with Gasteiger partial charge in [0.05, 0.1) is 24.0 Å². The molecule has 0 saturated heterocycles. The van der Waals surface area contributed by atoms with Crippen molar-refractivity contribution in [3.63, 3.8) is 0 Å². The lowest BCUT2D eigenvalue weighted by molar-refractivity contribution is 0.0397. The topological polar surface area (TPSA) is 65.5 Å². The Labute approximate surface area is 126 Å². The Bertz CT molecular complexity index is 461. The summed E-state index contributed by atoms with van der Waals surface area (Å²) < 4.78 is 0. The highest BCUT2D eigenvalue weighted by Gasteiger charge is 2.31. The highest BCUT2D eigenvalue weighted by atomic mass is 16.3. The van der Waals surface area contributed by atoms with Crippen LogP contribution >= 0.6 is 0 Å². The Kier molecular flexibility index (Phi) is 5.56. The van der Waals surface area contributed by atoms with E-state index in [0.29, 0.717) is 12.2 Å². The zero-order valence-electron chi connectivity index (χ0n) is 12.9. The summed E-state index contributed by atoms with van der Waals surface area (Å²) in [5, 5.41) is 13.1. The summed E-state index contributed by atoms with van der Waals surface area (Å²) in [4.78, 5) is 18.5. The number of anilines is 1. The molecule has 21 heavy (non-hydrogen) atoms. The number of carbonyl (C=O) groups excluding carboxylic acids is 1. The third-order valence-corrected chi connectivity index (χ3v) is 3.98. The molecular weight excluding hydrogens is 266 g/mol. The van der Waals surface area contributed by atoms with Crippen LogP contribution in [0.5, 0.6) is 0 Å². The number of hydrogen-bond acceptors (Lipinski definition) is 3. The lowest BCUT2D eigenvalue weighted by Crippen LogP contribution is -2.50. The predicted octanol–water partition coefficient (Wildman–Crippen LogP) is 2.94. The van der Waals surface area contributed by atoms with E-state index in [-0.39, 0.29) is 12.1 Å². The summed E-state index contributed by atoms with van der Waals surface area (Å²) in [6.45, 7) is 4.61. The SMILES string of the molecule is CCCN(C(=O)Nc1ccc(C)nc1)[C@@H]1CCCC[C@H]1O. The quantitative estimate of drug-likeness (QED) is 0.896. The van der Waals surface area contributed by atoms with Gasteiger partial charge in [-0.2, -0.15) is 0 Å². The Morgan fingerprint density at radius 3 is 2.81 bits per heavy atom. The van der Waals surface area contributed by atoms with Crippen LogP contribution in [0.25, 0.3) is 0 Å². The first-order valence-corrected chi connectivity index (χ1v) is 7.80. The van der Waals surface area contributed by atoms with Crippen LogP contribution < -0.4 is 5.32 Å². The van der Waals surface area contributed by atoms with Crippen LogP contribution in [-0.2, 0) is 0 Å². The summed E-state index contributed by atoms with van der Waals surface area (Å²) in [5.74, 6) is 0. The second-order valence-corrected chi connectivity index (χ2v) is 5.73. The Balaban J connectivity index is 2.05. The normalized spacial score (nSPS) is 21.9. The molecule has 1 saturated carbocycles. The summed E-state index contributed by atoms with van der Waals surface area (Å²) in [6, 6.07) is 3.50. The largest absolute Gasteiger partial charge is 0.391 e. The van der Waals surface area contributed by atoms with Gasteiger partial charge in [-0.15, -0.1) is 0 Å². The van der Waals surface area contributed by atoms with Gasteiger partial charge in [0.25, 0.3) is 0 Å². The maximum absolute atomic E-state index is 12.5. The fraction of sp³-hybridized carbons (Fsp3) is 0.625. The van der Waals surface area contributed by atoms with Gasteiger partial charge in [0.2, 0.25) is 0 Å². The molecule has 1 fully saturated rings. The molecule has 1 aliphatic rings. The summed E-state index contributed by atoms with van der Waals surface area (Å²) in [5.41, 5.74) is 1.61. The molecule has 2 rings (SSSR count). The van der Waals surface area contributed by atoms with Crippen LogP contribution in [0.4, 0.5) is 10.5 Å². The molecule has 2 amide bonds. The smallest absolute Gasteiger partial charge is 0.322 e. The maximum Gasteiger partial charge on any atom is 0.322 e. The highest BCUT2D eigenvalue weighted by molar-refractivity contribution is 5.89. The summed E-state index contributed by atoms with van der Waals surface area (Å²) in [7, 11) is 0. The number of rotatable bonds is 4. The van der Waals surface area contributed by atoms with Gasteiger partial charge in [-0.3, -0.25) is 4.98 Å². The number of urea groups is 1. The van der Waals surface area contributed by atoms with Crippen LogP contribution in [0.2, 0.25) is 0 Å². The van der Waals surface area contributed by atoms with E-state index in [1.807, 2.05) is 26.0 Å². The number of hydrogen-bond donors (Lipinski definition) is 2. The van der Waals surface area contributed by atoms with Gasteiger partial charge in [0.15, 0.2) is 0 Å². The fourth-order valence-electron chi connectivity index (χ4n) is 2.85. The first kappa shape index (κ1) is 15.8. The average molecular weight is 291 g/mol. The van der Waals surface area contributed by atoms with Crippen molar-refractivity contribution in [2.24, 2.45) is 0 Å². The van der Waals surface area contributed by atoms with E-state index in [2.05, 4.69) is 10.3 Å². The predicted molar refractivity (Wildman–Crippen MR) is 83.3 cm³/mol. The van der Waals surface area contributed by atoms with Gasteiger partial charge >= 0.3 is 6.03 Å². The van der Waals surface area contributed by atoms with Crippen LogP contribution in [-0.4, -0.2) is 39.7 Å². The minimum atomic E-state index is -0.410. The second-order valence-electron chi connectivity index (χ2n) is 5.73. The van der Waals surface area contributed by atoms with Gasteiger partial charge in [-0.1, -0.05) is 19.8 Å². The van der Waals surface area contributed by atoms with E-state index >= 15 is 0 Å². The molecule has 5 heteroatoms. The van der Waals surface area contributed by atoms with Crippen molar-refractivity contribution >= 4 is 11.7 Å². The highest BCUT2D eigenvalue weighted by Crippen LogP contribution is 2.24. The molecule has 2 N–H and O–H groups in total. The van der Waals surface area contributed by atoms with Crippen molar-refractivity contribution in [3.8, 4) is 0 Å². The molecule has 116 valence electrons. The molecule has 1 heterocycles. The fourth-order valence-corrected chi connectivity index (χ4v) is 2.85. The molecule has 1 aliphatic carbocycles. The average Bonchev–Trinajstić information content (AvgIpc) is 2.48. The number of aliphatic hydroxyl groups excluding tert-OH is 1. The van der Waals surface area contributed by atoms with E-state index in [1.165, 1.54) is 0 Å². The first-order chi connectivity index (χ1) is 10.1. The van der Waals surface area contributed by atoms with E-state index in [9.17, 15) is 9.90 Å². The van der Waals surface area contributed by atoms with Crippen molar-refractivity contribution in [2.45, 2.75) is 58.1 Å². The molecule has 0 bridgehead atoms. The number of aliphatic hydroxyl groups is 1. The van der Waals surface area contributed by atoms with Crippen molar-refractivity contribution in [1.82, 2.24) is 9.88 Å². The van der Waals surface area contributed by atoms with Crippen LogP contribution in [0, 0.1) is 6.92 Å². The third-order valence-electron chi connectivity index (χ3n) is 3.98. The number of amides is 2. The van der Waals surface area contributed by atoms with Gasteiger partial charge in [0.1, 0.15) is 0 Å². The van der Waals surface area contributed by atoms with Gasteiger partial charge in [-0.25, -0.2) is 4.79 Å². The standard InChI is InChI=1S/C16H25N3O2/c1-3-10-19(14-6-4-5-7-15(14)20)16(21)18-13-9-8-12(2)17-11-13/h8-9,11,14-15,20H,3-7,10H2,1-2H3,(H,18,21)/t14-,15-/m1/s1. The van der Waals surface area contributed by atoms with Crippen LogP contribution in [0.1, 0.15) is 44.7 Å². The van der Waals surface area contributed by atoms with E-state index in [4.69, 9.17) is 0 Å². The minimum absolute atomic E-state index is 0.0721. The van der Waals surface area contributed by atoms with Crippen molar-refractivity contribution < 1.29 is 9.90 Å². The third kappa shape index (κ3) is 4.17. The van der Waals surface area contributed by atoms with Crippen molar-refractivity contribution in [2.75, 3.05) is 11.9 Å². The Morgan fingerprint density at radius 2 is 2.19 bits per heavy atom. The molecule has 5 nitrogen and oxygen atoms in total. The molecule has 0 unspecified atom stereocenters. The summed E-state index contributed by atoms with van der Waals surface area (Å²) >= 11 is 0. The lowest BCUT2D eigenvalue weighted by atomic mass is 9.91. The zero-order chi connectivity index (χ0) is 15.2. The number of aryl methyl sites for hydroxylation is 1. The molecular formula is C16H25N3O2. The lowest BCUT2D eigenvalue weighted by Gasteiger charge is -2.37. The molecule has 0 radical (unpaired) electrons. The van der Waals surface area contributed by atoms with Gasteiger partial charge in [-0.05, 0) is 38.3 Å². The molecule has 1 aromatic heterocycles. The number of aromatic nitrogens is 1. The maximum atomic E-state index is 12.5. The molecule has 1 aromatic rings. The van der Waals surface area contributed by atoms with E-state index in [0.717, 1.165) is 37.8 Å². The Hall–Kier alpha value is -1.62. The van der Waals surface area contributed by atoms with Gasteiger partial charge in [0, 0.05) is 12.2 Å². The van der Waals surface area contributed by atoms with Gasteiger partial charge < -0.3 is 15.3 Å². The number of nitrogens with zero attached hydrogens (tertiary/aromatic N) is 2. The zero-order valence-corrected chi connectivity index (χ0v) is 12.9. The molecule has 0 aliphatic heterocycles. The monoisotopic (exact) mass is 291 g/mol. The van der Waals surface area contributed by atoms with Crippen LogP contribution in [0.15, 0.2) is 18.3 Å². The first-order valence-electron chi connectivity index (χ1n) is 7.80. The van der Waals surface area contributed by atoms with E-state index < -0.39 is 6.10 Å². The second kappa shape index (κ2) is 7.41. The number of carbonyl (C=O) groups is 1.